The molecule has 2 saturated carbocycles. The summed E-state index contributed by atoms with van der Waals surface area (Å²) in [7, 11) is 0. The van der Waals surface area contributed by atoms with Crippen molar-refractivity contribution >= 4 is 0 Å². The van der Waals surface area contributed by atoms with Gasteiger partial charge in [0.25, 0.3) is 0 Å². The highest BCUT2D eigenvalue weighted by atomic mass is 19.1. The van der Waals surface area contributed by atoms with Crippen LogP contribution < -0.4 is 0 Å². The van der Waals surface area contributed by atoms with Gasteiger partial charge < -0.3 is 0 Å². The molecule has 4 atom stereocenters. The highest BCUT2D eigenvalue weighted by molar-refractivity contribution is 5.15. The lowest BCUT2D eigenvalue weighted by atomic mass is 9.68. The van der Waals surface area contributed by atoms with Crippen molar-refractivity contribution in [3.05, 3.63) is 11.6 Å². The molecule has 0 radical (unpaired) electrons. The first-order valence-electron chi connectivity index (χ1n) is 7.71. The first-order chi connectivity index (χ1) is 8.72. The Morgan fingerprint density at radius 1 is 0.889 bits per heavy atom. The van der Waals surface area contributed by atoms with Gasteiger partial charge in [-0.2, -0.15) is 0 Å². The Balaban J connectivity index is 1.70. The fraction of sp³-hybridized carbons (Fsp3) is 0.875. The average molecular weight is 254 g/mol. The Labute approximate surface area is 109 Å². The first kappa shape index (κ1) is 12.6. The number of alkyl halides is 2. The van der Waals surface area contributed by atoms with Gasteiger partial charge in [-0.15, -0.1) is 0 Å². The van der Waals surface area contributed by atoms with Crippen molar-refractivity contribution in [1.82, 2.24) is 0 Å². The SMILES string of the molecule is FC1CC(F)CC(C2=CC3CCCCC3CC2)C1. The van der Waals surface area contributed by atoms with Crippen LogP contribution in [0.15, 0.2) is 11.6 Å². The highest BCUT2D eigenvalue weighted by Gasteiger charge is 2.34. The topological polar surface area (TPSA) is 0 Å². The molecule has 2 heteroatoms. The minimum absolute atomic E-state index is 0.135. The molecular formula is C16H24F2. The molecule has 0 aromatic heterocycles. The average Bonchev–Trinajstić information content (AvgIpc) is 2.37. The summed E-state index contributed by atoms with van der Waals surface area (Å²) in [6.45, 7) is 0. The molecule has 3 aliphatic carbocycles. The van der Waals surface area contributed by atoms with E-state index in [0.717, 1.165) is 18.3 Å². The predicted molar refractivity (Wildman–Crippen MR) is 69.9 cm³/mol. The lowest BCUT2D eigenvalue weighted by Crippen LogP contribution is -2.29. The van der Waals surface area contributed by atoms with Crippen LogP contribution in [0.25, 0.3) is 0 Å². The van der Waals surface area contributed by atoms with Crippen molar-refractivity contribution in [2.24, 2.45) is 17.8 Å². The molecular weight excluding hydrogens is 230 g/mol. The summed E-state index contributed by atoms with van der Waals surface area (Å²) in [5.74, 6) is 1.79. The van der Waals surface area contributed by atoms with Gasteiger partial charge in [0.2, 0.25) is 0 Å². The molecule has 0 aliphatic heterocycles. The number of allylic oxidation sites excluding steroid dienone is 2. The van der Waals surface area contributed by atoms with Crippen LogP contribution in [0.1, 0.15) is 57.8 Å². The Kier molecular flexibility index (Phi) is 3.72. The van der Waals surface area contributed by atoms with Crippen LogP contribution >= 0.6 is 0 Å². The van der Waals surface area contributed by atoms with Crippen LogP contribution in [-0.2, 0) is 0 Å². The maximum absolute atomic E-state index is 13.5. The number of hydrogen-bond donors (Lipinski definition) is 0. The fourth-order valence-corrected chi connectivity index (χ4v) is 4.35. The zero-order valence-electron chi connectivity index (χ0n) is 11.1. The summed E-state index contributed by atoms with van der Waals surface area (Å²) in [6, 6.07) is 0. The van der Waals surface area contributed by atoms with E-state index in [0.29, 0.717) is 12.8 Å². The molecule has 0 heterocycles. The van der Waals surface area contributed by atoms with E-state index in [1.165, 1.54) is 37.7 Å². The van der Waals surface area contributed by atoms with Crippen molar-refractivity contribution in [2.75, 3.05) is 0 Å². The van der Waals surface area contributed by atoms with Crippen LogP contribution in [-0.4, -0.2) is 12.3 Å². The van der Waals surface area contributed by atoms with Gasteiger partial charge in [-0.05, 0) is 56.3 Å². The summed E-state index contributed by atoms with van der Waals surface area (Å²) >= 11 is 0. The monoisotopic (exact) mass is 254 g/mol. The number of fused-ring (bicyclic) bond motifs is 1. The van der Waals surface area contributed by atoms with E-state index in [1.54, 1.807) is 0 Å². The predicted octanol–water partition coefficient (Wildman–Crippen LogP) is 4.99. The largest absolute Gasteiger partial charge is 0.247 e. The Morgan fingerprint density at radius 2 is 1.61 bits per heavy atom. The molecule has 3 aliphatic rings. The maximum Gasteiger partial charge on any atom is 0.103 e. The third-order valence-corrected chi connectivity index (χ3v) is 5.32. The Morgan fingerprint density at radius 3 is 2.39 bits per heavy atom. The molecule has 0 aromatic rings. The second-order valence-electron chi connectivity index (χ2n) is 6.59. The molecule has 102 valence electrons. The maximum atomic E-state index is 13.5. The minimum atomic E-state index is -0.913. The summed E-state index contributed by atoms with van der Waals surface area (Å²) in [4.78, 5) is 0. The van der Waals surface area contributed by atoms with Crippen LogP contribution in [0.5, 0.6) is 0 Å². The second-order valence-corrected chi connectivity index (χ2v) is 6.59. The van der Waals surface area contributed by atoms with Crippen LogP contribution in [0.4, 0.5) is 8.78 Å². The van der Waals surface area contributed by atoms with E-state index in [9.17, 15) is 8.78 Å². The van der Waals surface area contributed by atoms with E-state index < -0.39 is 12.3 Å². The van der Waals surface area contributed by atoms with Gasteiger partial charge >= 0.3 is 0 Å². The standard InChI is InChI=1S/C16H24F2/c17-15-8-14(9-16(18)10-15)13-6-5-11-3-1-2-4-12(11)7-13/h7,11-12,14-16H,1-6,8-10H2. The van der Waals surface area contributed by atoms with Gasteiger partial charge in [0, 0.05) is 6.42 Å². The van der Waals surface area contributed by atoms with E-state index in [-0.39, 0.29) is 12.3 Å². The Bertz CT molecular complexity index is 313. The van der Waals surface area contributed by atoms with Gasteiger partial charge in [0.15, 0.2) is 0 Å². The summed E-state index contributed by atoms with van der Waals surface area (Å²) < 4.78 is 27.0. The van der Waals surface area contributed by atoms with Crippen molar-refractivity contribution < 1.29 is 8.78 Å². The van der Waals surface area contributed by atoms with Gasteiger partial charge in [0.05, 0.1) is 0 Å². The molecule has 4 unspecified atom stereocenters. The second kappa shape index (κ2) is 5.30. The van der Waals surface area contributed by atoms with Gasteiger partial charge in [-0.1, -0.05) is 24.5 Å². The Hall–Kier alpha value is -0.400. The normalized spacial score (nSPS) is 45.2. The van der Waals surface area contributed by atoms with Gasteiger partial charge in [-0.3, -0.25) is 0 Å². The third-order valence-electron chi connectivity index (χ3n) is 5.32. The van der Waals surface area contributed by atoms with Crippen LogP contribution in [0, 0.1) is 17.8 Å². The minimum Gasteiger partial charge on any atom is -0.247 e. The van der Waals surface area contributed by atoms with E-state index in [4.69, 9.17) is 0 Å². The first-order valence-corrected chi connectivity index (χ1v) is 7.71. The van der Waals surface area contributed by atoms with Crippen molar-refractivity contribution in [2.45, 2.75) is 70.1 Å². The van der Waals surface area contributed by atoms with E-state index in [1.807, 2.05) is 0 Å². The smallest absolute Gasteiger partial charge is 0.103 e. The molecule has 0 amide bonds. The van der Waals surface area contributed by atoms with Crippen LogP contribution in [0.3, 0.4) is 0 Å². The zero-order chi connectivity index (χ0) is 12.5. The lowest BCUT2D eigenvalue weighted by molar-refractivity contribution is 0.124. The summed E-state index contributed by atoms with van der Waals surface area (Å²) in [5, 5.41) is 0. The number of halogens is 2. The van der Waals surface area contributed by atoms with Gasteiger partial charge in [0.1, 0.15) is 12.3 Å². The van der Waals surface area contributed by atoms with E-state index in [2.05, 4.69) is 6.08 Å². The molecule has 0 saturated heterocycles. The molecule has 0 nitrogen and oxygen atoms in total. The van der Waals surface area contributed by atoms with Crippen molar-refractivity contribution in [1.29, 1.82) is 0 Å². The van der Waals surface area contributed by atoms with E-state index >= 15 is 0 Å². The molecule has 18 heavy (non-hydrogen) atoms. The third kappa shape index (κ3) is 2.62. The fourth-order valence-electron chi connectivity index (χ4n) is 4.35. The molecule has 0 aromatic carbocycles. The molecule has 2 fully saturated rings. The summed E-state index contributed by atoms with van der Waals surface area (Å²) in [6.07, 6.45) is 9.64. The summed E-state index contributed by atoms with van der Waals surface area (Å²) in [5.41, 5.74) is 1.39. The molecule has 0 N–H and O–H groups in total. The highest BCUT2D eigenvalue weighted by Crippen LogP contribution is 2.44. The number of hydrogen-bond acceptors (Lipinski definition) is 0. The molecule has 0 spiro atoms. The quantitative estimate of drug-likeness (QED) is 0.578. The molecule has 3 rings (SSSR count). The van der Waals surface area contributed by atoms with Gasteiger partial charge in [-0.25, -0.2) is 8.78 Å². The zero-order valence-corrected chi connectivity index (χ0v) is 11.1. The van der Waals surface area contributed by atoms with Crippen molar-refractivity contribution in [3.63, 3.8) is 0 Å². The number of rotatable bonds is 1. The lowest BCUT2D eigenvalue weighted by Gasteiger charge is -2.38. The van der Waals surface area contributed by atoms with Crippen molar-refractivity contribution in [3.8, 4) is 0 Å². The van der Waals surface area contributed by atoms with Crippen LogP contribution in [0.2, 0.25) is 0 Å². The molecule has 0 bridgehead atoms.